The molecule has 4 rings (SSSR count). The van der Waals surface area contributed by atoms with Gasteiger partial charge in [-0.1, -0.05) is 46.3 Å². The minimum Gasteiger partial charge on any atom is -0.368 e. The van der Waals surface area contributed by atoms with Crippen molar-refractivity contribution < 1.29 is 9.18 Å². The van der Waals surface area contributed by atoms with E-state index in [4.69, 9.17) is 5.73 Å². The van der Waals surface area contributed by atoms with Crippen LogP contribution in [-0.2, 0) is 11.2 Å². The van der Waals surface area contributed by atoms with Crippen molar-refractivity contribution in [3.63, 3.8) is 0 Å². The van der Waals surface area contributed by atoms with Gasteiger partial charge in [-0.3, -0.25) is 4.79 Å². The van der Waals surface area contributed by atoms with Gasteiger partial charge in [0.2, 0.25) is 5.91 Å². The Balaban J connectivity index is 1.46. The maximum Gasteiger partial charge on any atom is 0.239 e. The lowest BCUT2D eigenvalue weighted by atomic mass is 10.0. The number of halogens is 2. The fraction of sp³-hybridized carbons (Fsp3) is 0.316. The fourth-order valence-corrected chi connectivity index (χ4v) is 4.45. The van der Waals surface area contributed by atoms with Gasteiger partial charge >= 0.3 is 0 Å². The number of rotatable bonds is 5. The van der Waals surface area contributed by atoms with E-state index in [0.717, 1.165) is 6.42 Å². The van der Waals surface area contributed by atoms with E-state index in [1.807, 2.05) is 0 Å². The maximum atomic E-state index is 14.2. The third kappa shape index (κ3) is 2.66. The van der Waals surface area contributed by atoms with E-state index in [2.05, 4.69) is 45.5 Å². The van der Waals surface area contributed by atoms with E-state index < -0.39 is 17.8 Å². The summed E-state index contributed by atoms with van der Waals surface area (Å²) in [6.45, 7) is 0.673. The Morgan fingerprint density at radius 2 is 2.12 bits per heavy atom. The summed E-state index contributed by atoms with van der Waals surface area (Å²) in [6.07, 6.45) is 1.10. The van der Waals surface area contributed by atoms with Crippen molar-refractivity contribution in [2.45, 2.75) is 18.4 Å². The largest absolute Gasteiger partial charge is 0.368 e. The van der Waals surface area contributed by atoms with Crippen LogP contribution in [0.25, 0.3) is 0 Å². The second-order valence-electron chi connectivity index (χ2n) is 6.67. The van der Waals surface area contributed by atoms with Crippen LogP contribution in [0.1, 0.15) is 28.7 Å². The van der Waals surface area contributed by atoms with Gasteiger partial charge in [-0.25, -0.2) is 4.39 Å². The topological polar surface area (TPSA) is 55.1 Å². The predicted octanol–water partition coefficient (Wildman–Crippen LogP) is 3.29. The van der Waals surface area contributed by atoms with Crippen molar-refractivity contribution in [3.05, 3.63) is 69.4 Å². The van der Waals surface area contributed by atoms with Crippen LogP contribution < -0.4 is 11.1 Å². The van der Waals surface area contributed by atoms with Gasteiger partial charge in [0.1, 0.15) is 11.9 Å². The van der Waals surface area contributed by atoms with Gasteiger partial charge in [0.25, 0.3) is 0 Å². The molecule has 0 bridgehead atoms. The highest BCUT2D eigenvalue weighted by Gasteiger charge is 2.55. The Labute approximate surface area is 148 Å². The van der Waals surface area contributed by atoms with Gasteiger partial charge in [-0.2, -0.15) is 0 Å². The van der Waals surface area contributed by atoms with Crippen molar-refractivity contribution in [2.75, 3.05) is 6.54 Å². The van der Waals surface area contributed by atoms with Crippen LogP contribution in [0, 0.1) is 17.7 Å². The molecule has 4 unspecified atom stereocenters. The predicted molar refractivity (Wildman–Crippen MR) is 93.9 cm³/mol. The maximum absolute atomic E-state index is 14.2. The van der Waals surface area contributed by atoms with Crippen molar-refractivity contribution in [1.29, 1.82) is 0 Å². The van der Waals surface area contributed by atoms with E-state index in [9.17, 15) is 9.18 Å². The van der Waals surface area contributed by atoms with Gasteiger partial charge in [-0.15, -0.1) is 0 Å². The molecule has 0 heterocycles. The second-order valence-corrected chi connectivity index (χ2v) is 7.58. The molecule has 0 aliphatic heterocycles. The summed E-state index contributed by atoms with van der Waals surface area (Å²) in [7, 11) is 0. The minimum absolute atomic E-state index is 0.303. The minimum atomic E-state index is -0.797. The molecule has 2 aliphatic carbocycles. The molecule has 4 atom stereocenters. The molecule has 0 radical (unpaired) electrons. The number of benzene rings is 2. The Kier molecular flexibility index (Phi) is 3.93. The molecule has 124 valence electrons. The Morgan fingerprint density at radius 3 is 2.88 bits per heavy atom. The molecule has 0 aromatic heterocycles. The highest BCUT2D eigenvalue weighted by atomic mass is 79.9. The molecular formula is C19H18BrFN2O. The van der Waals surface area contributed by atoms with Crippen LogP contribution >= 0.6 is 15.9 Å². The molecule has 3 N–H and O–H groups in total. The first-order valence-electron chi connectivity index (χ1n) is 8.11. The monoisotopic (exact) mass is 388 g/mol. The first-order valence-corrected chi connectivity index (χ1v) is 8.91. The lowest BCUT2D eigenvalue weighted by molar-refractivity contribution is -0.120. The number of primary amides is 1. The van der Waals surface area contributed by atoms with Gasteiger partial charge in [0.05, 0.1) is 0 Å². The summed E-state index contributed by atoms with van der Waals surface area (Å²) in [5.74, 6) is 0.722. The molecule has 5 heteroatoms. The van der Waals surface area contributed by atoms with Gasteiger partial charge in [0, 0.05) is 10.0 Å². The van der Waals surface area contributed by atoms with Gasteiger partial charge in [0.15, 0.2) is 0 Å². The zero-order valence-corrected chi connectivity index (χ0v) is 14.6. The molecule has 1 amide bonds. The van der Waals surface area contributed by atoms with E-state index in [1.54, 1.807) is 12.1 Å². The number of hydrogen-bond acceptors (Lipinski definition) is 2. The highest BCUT2D eigenvalue weighted by Crippen LogP contribution is 2.61. The van der Waals surface area contributed by atoms with E-state index in [-0.39, 0.29) is 0 Å². The smallest absolute Gasteiger partial charge is 0.239 e. The van der Waals surface area contributed by atoms with E-state index >= 15 is 0 Å². The zero-order valence-electron chi connectivity index (χ0n) is 13.0. The van der Waals surface area contributed by atoms with Gasteiger partial charge in [-0.05, 0) is 54.0 Å². The first kappa shape index (κ1) is 15.8. The molecule has 0 spiro atoms. The molecule has 1 saturated carbocycles. The molecular weight excluding hydrogens is 371 g/mol. The van der Waals surface area contributed by atoms with Gasteiger partial charge < -0.3 is 11.1 Å². The molecule has 2 aromatic rings. The number of hydrogen-bond donors (Lipinski definition) is 2. The number of carbonyl (C=O) groups excluding carboxylic acids is 1. The number of fused-ring (bicyclic) bond motifs is 3. The standard InChI is InChI=1S/C19H18BrFN2O/c20-11-5-6-13(16(21)8-11)18(19(22)24)23-9-15-14-7-10-3-1-2-4-12(10)17(14)15/h1-6,8,14-15,17-18,23H,7,9H2,(H2,22,24). The lowest BCUT2D eigenvalue weighted by Crippen LogP contribution is -2.35. The summed E-state index contributed by atoms with van der Waals surface area (Å²) < 4.78 is 14.8. The van der Waals surface area contributed by atoms with Crippen LogP contribution in [0.15, 0.2) is 46.9 Å². The third-order valence-electron chi connectivity index (χ3n) is 5.32. The molecule has 3 nitrogen and oxygen atoms in total. The van der Waals surface area contributed by atoms with Crippen molar-refractivity contribution >= 4 is 21.8 Å². The fourth-order valence-electron chi connectivity index (χ4n) is 4.12. The van der Waals surface area contributed by atoms with Crippen LogP contribution in [0.2, 0.25) is 0 Å². The van der Waals surface area contributed by atoms with Crippen molar-refractivity contribution in [3.8, 4) is 0 Å². The average molecular weight is 389 g/mol. The number of amides is 1. The summed E-state index contributed by atoms with van der Waals surface area (Å²) in [5.41, 5.74) is 8.67. The molecule has 2 aromatic carbocycles. The van der Waals surface area contributed by atoms with Crippen LogP contribution in [0.4, 0.5) is 4.39 Å². The van der Waals surface area contributed by atoms with Crippen LogP contribution in [-0.4, -0.2) is 12.5 Å². The zero-order chi connectivity index (χ0) is 16.8. The van der Waals surface area contributed by atoms with Crippen molar-refractivity contribution in [1.82, 2.24) is 5.32 Å². The Hall–Kier alpha value is -1.72. The number of nitrogens with two attached hydrogens (primary N) is 1. The number of nitrogens with one attached hydrogen (secondary N) is 1. The van der Waals surface area contributed by atoms with Crippen LogP contribution in [0.3, 0.4) is 0 Å². The summed E-state index contributed by atoms with van der Waals surface area (Å²) in [5, 5.41) is 3.19. The second kappa shape index (κ2) is 5.97. The highest BCUT2D eigenvalue weighted by molar-refractivity contribution is 9.10. The quantitative estimate of drug-likeness (QED) is 0.825. The molecule has 24 heavy (non-hydrogen) atoms. The summed E-state index contributed by atoms with van der Waals surface area (Å²) in [4.78, 5) is 11.8. The lowest BCUT2D eigenvalue weighted by Gasteiger charge is -2.17. The summed E-state index contributed by atoms with van der Waals surface area (Å²) >= 11 is 3.23. The average Bonchev–Trinajstić information content (AvgIpc) is 3.07. The van der Waals surface area contributed by atoms with E-state index in [1.165, 1.54) is 17.2 Å². The first-order chi connectivity index (χ1) is 11.6. The SMILES string of the molecule is NC(=O)C(NCC1C2Cc3ccccc3C12)c1ccc(Br)cc1F. The molecule has 0 saturated heterocycles. The van der Waals surface area contributed by atoms with E-state index in [0.29, 0.717) is 34.3 Å². The Morgan fingerprint density at radius 1 is 1.33 bits per heavy atom. The third-order valence-corrected chi connectivity index (χ3v) is 5.81. The normalized spacial score (nSPS) is 25.0. The van der Waals surface area contributed by atoms with Crippen LogP contribution in [0.5, 0.6) is 0 Å². The summed E-state index contributed by atoms with van der Waals surface area (Å²) in [6, 6.07) is 12.4. The molecule has 2 aliphatic rings. The van der Waals surface area contributed by atoms with Crippen molar-refractivity contribution in [2.24, 2.45) is 17.6 Å². The number of carbonyl (C=O) groups is 1. The Bertz CT molecular complexity index is 810. The molecule has 1 fully saturated rings.